The van der Waals surface area contributed by atoms with Crippen LogP contribution in [0.5, 0.6) is 0 Å². The number of aryl methyl sites for hydroxylation is 1. The Labute approximate surface area is 167 Å². The first-order chi connectivity index (χ1) is 13.3. The molecule has 0 bridgehead atoms. The number of hydrogen-bond donors (Lipinski definition) is 1. The number of amides is 1. The van der Waals surface area contributed by atoms with E-state index in [1.165, 1.54) is 40.7 Å². The average molecular weight is 427 g/mol. The third kappa shape index (κ3) is 4.71. The Morgan fingerprint density at radius 1 is 1.14 bits per heavy atom. The largest absolute Gasteiger partial charge is 0.325 e. The lowest BCUT2D eigenvalue weighted by molar-refractivity contribution is -0.119. The number of rotatable bonds is 6. The van der Waals surface area contributed by atoms with Crippen molar-refractivity contribution in [3.05, 3.63) is 54.1 Å². The molecule has 1 fully saturated rings. The molecule has 2 aromatic carbocycles. The molecule has 2 aromatic rings. The Morgan fingerprint density at radius 3 is 2.39 bits per heavy atom. The summed E-state index contributed by atoms with van der Waals surface area (Å²) in [5, 5.41) is 2.69. The predicted octanol–water partition coefficient (Wildman–Crippen LogP) is 4.10. The number of anilines is 1. The number of benzene rings is 2. The normalized spacial score (nSPS) is 17.8. The molecular formula is C19H20F2N2O3S2. The van der Waals surface area contributed by atoms with Crippen LogP contribution in [-0.4, -0.2) is 37.0 Å². The molecule has 1 N–H and O–H groups in total. The van der Waals surface area contributed by atoms with E-state index >= 15 is 0 Å². The SMILES string of the molecule is Cc1ccc(S(=O)(=O)N2CCC[C@@H]2C(=O)Nc2ccc(SC(F)F)cc2)cc1. The van der Waals surface area contributed by atoms with Gasteiger partial charge in [-0.15, -0.1) is 0 Å². The first-order valence-electron chi connectivity index (χ1n) is 8.71. The Hall–Kier alpha value is -1.97. The van der Waals surface area contributed by atoms with E-state index in [1.807, 2.05) is 6.92 Å². The maximum atomic E-state index is 12.9. The maximum Gasteiger partial charge on any atom is 0.288 e. The van der Waals surface area contributed by atoms with Crippen molar-refractivity contribution in [2.75, 3.05) is 11.9 Å². The summed E-state index contributed by atoms with van der Waals surface area (Å²) in [5.41, 5.74) is 1.38. The topological polar surface area (TPSA) is 66.5 Å². The van der Waals surface area contributed by atoms with Crippen molar-refractivity contribution in [2.45, 2.75) is 41.4 Å². The number of thioether (sulfide) groups is 1. The molecule has 0 aliphatic carbocycles. The van der Waals surface area contributed by atoms with Crippen molar-refractivity contribution in [3.63, 3.8) is 0 Å². The van der Waals surface area contributed by atoms with Gasteiger partial charge in [0.15, 0.2) is 0 Å². The van der Waals surface area contributed by atoms with Crippen LogP contribution in [0.1, 0.15) is 18.4 Å². The van der Waals surface area contributed by atoms with Crippen molar-refractivity contribution in [2.24, 2.45) is 0 Å². The van der Waals surface area contributed by atoms with Gasteiger partial charge in [-0.2, -0.15) is 13.1 Å². The number of nitrogens with zero attached hydrogens (tertiary/aromatic N) is 1. The minimum absolute atomic E-state index is 0.158. The molecule has 0 aromatic heterocycles. The minimum atomic E-state index is -3.78. The highest BCUT2D eigenvalue weighted by Gasteiger charge is 2.39. The van der Waals surface area contributed by atoms with E-state index < -0.39 is 27.7 Å². The van der Waals surface area contributed by atoms with Crippen LogP contribution in [-0.2, 0) is 14.8 Å². The quantitative estimate of drug-likeness (QED) is 0.707. The highest BCUT2D eigenvalue weighted by atomic mass is 32.2. The summed E-state index contributed by atoms with van der Waals surface area (Å²) in [5.74, 6) is -2.94. The molecule has 9 heteroatoms. The fourth-order valence-electron chi connectivity index (χ4n) is 3.08. The van der Waals surface area contributed by atoms with Crippen LogP contribution in [0.2, 0.25) is 0 Å². The van der Waals surface area contributed by atoms with Gasteiger partial charge in [0.2, 0.25) is 15.9 Å². The van der Waals surface area contributed by atoms with Crippen LogP contribution >= 0.6 is 11.8 Å². The molecule has 150 valence electrons. The lowest BCUT2D eigenvalue weighted by atomic mass is 10.2. The second kappa shape index (κ2) is 8.59. The summed E-state index contributed by atoms with van der Waals surface area (Å²) >= 11 is 0.420. The average Bonchev–Trinajstić information content (AvgIpc) is 3.14. The molecule has 0 spiro atoms. The van der Waals surface area contributed by atoms with Crippen LogP contribution < -0.4 is 5.32 Å². The van der Waals surface area contributed by atoms with Gasteiger partial charge in [0.05, 0.1) is 4.90 Å². The van der Waals surface area contributed by atoms with Gasteiger partial charge in [0.25, 0.3) is 5.76 Å². The van der Waals surface area contributed by atoms with Crippen molar-refractivity contribution in [1.29, 1.82) is 0 Å². The number of hydrogen-bond acceptors (Lipinski definition) is 4. The molecule has 0 saturated carbocycles. The zero-order chi connectivity index (χ0) is 20.3. The standard InChI is InChI=1S/C19H20F2N2O3S2/c1-13-4-10-16(11-5-13)28(25,26)23-12-2-3-17(23)18(24)22-14-6-8-15(9-7-14)27-19(20)21/h4-11,17,19H,2-3,12H2,1H3,(H,22,24)/t17-/m1/s1. The summed E-state index contributed by atoms with van der Waals surface area (Å²) in [6.07, 6.45) is 1.02. The predicted molar refractivity (Wildman–Crippen MR) is 105 cm³/mol. The lowest BCUT2D eigenvalue weighted by Gasteiger charge is -2.23. The summed E-state index contributed by atoms with van der Waals surface area (Å²) < 4.78 is 51.9. The Morgan fingerprint density at radius 2 is 1.79 bits per heavy atom. The molecule has 3 rings (SSSR count). The van der Waals surface area contributed by atoms with E-state index in [1.54, 1.807) is 12.1 Å². The van der Waals surface area contributed by atoms with Gasteiger partial charge < -0.3 is 5.32 Å². The number of sulfonamides is 1. The van der Waals surface area contributed by atoms with Gasteiger partial charge in [-0.1, -0.05) is 29.5 Å². The van der Waals surface area contributed by atoms with E-state index in [0.29, 0.717) is 35.2 Å². The molecular weight excluding hydrogens is 406 g/mol. The van der Waals surface area contributed by atoms with Crippen molar-refractivity contribution >= 4 is 33.4 Å². The molecule has 1 heterocycles. The fourth-order valence-corrected chi connectivity index (χ4v) is 5.24. The van der Waals surface area contributed by atoms with Crippen LogP contribution in [0.25, 0.3) is 0 Å². The molecule has 1 amide bonds. The number of alkyl halides is 2. The van der Waals surface area contributed by atoms with E-state index in [0.717, 1.165) is 5.56 Å². The first kappa shape index (κ1) is 20.8. The molecule has 0 radical (unpaired) electrons. The molecule has 1 atom stereocenters. The van der Waals surface area contributed by atoms with Crippen LogP contribution in [0.3, 0.4) is 0 Å². The molecule has 1 aliphatic heterocycles. The summed E-state index contributed by atoms with van der Waals surface area (Å²) in [7, 11) is -3.78. The lowest BCUT2D eigenvalue weighted by Crippen LogP contribution is -2.43. The molecule has 1 saturated heterocycles. The Kier molecular flexibility index (Phi) is 6.36. The van der Waals surface area contributed by atoms with E-state index in [9.17, 15) is 22.0 Å². The summed E-state index contributed by atoms with van der Waals surface area (Å²) in [6, 6.07) is 11.7. The monoisotopic (exact) mass is 426 g/mol. The molecule has 1 aliphatic rings. The highest BCUT2D eigenvalue weighted by molar-refractivity contribution is 7.99. The number of carbonyl (C=O) groups excluding carboxylic acids is 1. The van der Waals surface area contributed by atoms with Gasteiger partial charge in [0, 0.05) is 17.1 Å². The zero-order valence-corrected chi connectivity index (χ0v) is 16.8. The second-order valence-electron chi connectivity index (χ2n) is 6.48. The molecule has 28 heavy (non-hydrogen) atoms. The van der Waals surface area contributed by atoms with Gasteiger partial charge in [0.1, 0.15) is 6.04 Å². The van der Waals surface area contributed by atoms with Crippen LogP contribution in [0, 0.1) is 6.92 Å². The van der Waals surface area contributed by atoms with E-state index in [4.69, 9.17) is 0 Å². The third-order valence-electron chi connectivity index (χ3n) is 4.48. The number of carbonyl (C=O) groups is 1. The number of nitrogens with one attached hydrogen (secondary N) is 1. The van der Waals surface area contributed by atoms with Crippen molar-refractivity contribution in [3.8, 4) is 0 Å². The van der Waals surface area contributed by atoms with E-state index in [2.05, 4.69) is 5.32 Å². The molecule has 5 nitrogen and oxygen atoms in total. The third-order valence-corrected chi connectivity index (χ3v) is 7.13. The minimum Gasteiger partial charge on any atom is -0.325 e. The smallest absolute Gasteiger partial charge is 0.288 e. The van der Waals surface area contributed by atoms with Gasteiger partial charge >= 0.3 is 0 Å². The highest BCUT2D eigenvalue weighted by Crippen LogP contribution is 2.29. The van der Waals surface area contributed by atoms with Crippen molar-refractivity contribution < 1.29 is 22.0 Å². The summed E-state index contributed by atoms with van der Waals surface area (Å²) in [6.45, 7) is 2.14. The number of halogens is 2. The molecule has 0 unspecified atom stereocenters. The van der Waals surface area contributed by atoms with Gasteiger partial charge in [-0.25, -0.2) is 8.42 Å². The van der Waals surface area contributed by atoms with Crippen LogP contribution in [0.15, 0.2) is 58.3 Å². The second-order valence-corrected chi connectivity index (χ2v) is 9.43. The maximum absolute atomic E-state index is 12.9. The van der Waals surface area contributed by atoms with Gasteiger partial charge in [-0.05, 0) is 56.2 Å². The van der Waals surface area contributed by atoms with Gasteiger partial charge in [-0.3, -0.25) is 4.79 Å². The first-order valence-corrected chi connectivity index (χ1v) is 11.0. The van der Waals surface area contributed by atoms with E-state index in [-0.39, 0.29) is 11.4 Å². The fraction of sp³-hybridized carbons (Fsp3) is 0.316. The zero-order valence-electron chi connectivity index (χ0n) is 15.1. The van der Waals surface area contributed by atoms with Crippen molar-refractivity contribution in [1.82, 2.24) is 4.31 Å². The summed E-state index contributed by atoms with van der Waals surface area (Å²) in [4.78, 5) is 13.2. The Balaban J connectivity index is 1.73. The van der Waals surface area contributed by atoms with Crippen LogP contribution in [0.4, 0.5) is 14.5 Å². The Bertz CT molecular complexity index is 933.